The highest BCUT2D eigenvalue weighted by Gasteiger charge is 2.50. The molecule has 1 aromatic carbocycles. The van der Waals surface area contributed by atoms with Gasteiger partial charge >= 0.3 is 0 Å². The number of rotatable bonds is 4. The van der Waals surface area contributed by atoms with Crippen molar-refractivity contribution in [3.63, 3.8) is 0 Å². The van der Waals surface area contributed by atoms with E-state index >= 15 is 0 Å². The molecular weight excluding hydrogens is 400 g/mol. The number of benzene rings is 1. The van der Waals surface area contributed by atoms with Crippen molar-refractivity contribution in [1.29, 1.82) is 0 Å². The minimum Gasteiger partial charge on any atom is -0.486 e. The van der Waals surface area contributed by atoms with E-state index in [1.165, 1.54) is 17.4 Å². The molecule has 148 valence electrons. The van der Waals surface area contributed by atoms with Gasteiger partial charge in [-0.05, 0) is 42.3 Å². The van der Waals surface area contributed by atoms with Crippen molar-refractivity contribution in [3.8, 4) is 11.5 Å². The SMILES string of the molecule is O=C(NC1CC2CC1N(S(=O)(=O)c1ccc3c(c1)OCCO3)C2)c1cccs1. The van der Waals surface area contributed by atoms with Gasteiger partial charge in [0.25, 0.3) is 5.91 Å². The first-order valence-electron chi connectivity index (χ1n) is 9.28. The Kier molecular flexibility index (Phi) is 4.33. The number of thiophene rings is 1. The van der Waals surface area contributed by atoms with E-state index in [0.29, 0.717) is 36.1 Å². The number of fused-ring (bicyclic) bond motifs is 3. The first-order valence-corrected chi connectivity index (χ1v) is 11.6. The topological polar surface area (TPSA) is 84.9 Å². The highest BCUT2D eigenvalue weighted by molar-refractivity contribution is 7.89. The molecule has 28 heavy (non-hydrogen) atoms. The Morgan fingerprint density at radius 3 is 2.71 bits per heavy atom. The molecule has 3 heterocycles. The molecule has 2 fully saturated rings. The van der Waals surface area contributed by atoms with Crippen LogP contribution in [0.2, 0.25) is 0 Å². The predicted molar refractivity (Wildman–Crippen MR) is 103 cm³/mol. The molecule has 1 saturated carbocycles. The fourth-order valence-electron chi connectivity index (χ4n) is 4.37. The lowest BCUT2D eigenvalue weighted by molar-refractivity contribution is 0.0921. The van der Waals surface area contributed by atoms with E-state index in [1.807, 2.05) is 11.4 Å². The van der Waals surface area contributed by atoms with Gasteiger partial charge in [-0.15, -0.1) is 11.3 Å². The minimum atomic E-state index is -3.68. The molecule has 9 heteroatoms. The molecule has 3 unspecified atom stereocenters. The Morgan fingerprint density at radius 1 is 1.14 bits per heavy atom. The van der Waals surface area contributed by atoms with E-state index in [2.05, 4.69) is 5.32 Å². The van der Waals surface area contributed by atoms with Crippen LogP contribution in [0.1, 0.15) is 22.5 Å². The zero-order chi connectivity index (χ0) is 19.3. The van der Waals surface area contributed by atoms with Gasteiger partial charge in [0.15, 0.2) is 11.5 Å². The molecular formula is C19H20N2O5S2. The van der Waals surface area contributed by atoms with Crippen LogP contribution in [0.25, 0.3) is 0 Å². The third-order valence-corrected chi connectivity index (χ3v) is 8.37. The molecule has 5 rings (SSSR count). The van der Waals surface area contributed by atoms with Gasteiger partial charge in [-0.2, -0.15) is 4.31 Å². The lowest BCUT2D eigenvalue weighted by Crippen LogP contribution is -2.51. The molecule has 1 aromatic heterocycles. The van der Waals surface area contributed by atoms with Crippen LogP contribution < -0.4 is 14.8 Å². The van der Waals surface area contributed by atoms with Gasteiger partial charge < -0.3 is 14.8 Å². The van der Waals surface area contributed by atoms with Crippen LogP contribution in [0.3, 0.4) is 0 Å². The van der Waals surface area contributed by atoms with Gasteiger partial charge in [-0.1, -0.05) is 6.07 Å². The number of hydrogen-bond acceptors (Lipinski definition) is 6. The first-order chi connectivity index (χ1) is 13.5. The minimum absolute atomic E-state index is 0.135. The van der Waals surface area contributed by atoms with Crippen LogP contribution in [0.4, 0.5) is 0 Å². The van der Waals surface area contributed by atoms with Crippen molar-refractivity contribution in [2.24, 2.45) is 5.92 Å². The van der Waals surface area contributed by atoms with Crippen molar-refractivity contribution in [2.75, 3.05) is 19.8 Å². The average Bonchev–Trinajstić information content (AvgIpc) is 3.44. The standard InChI is InChI=1S/C19H20N2O5S2/c22-19(18-2-1-7-27-18)20-14-8-12-9-15(14)21(11-12)28(23,24)13-3-4-16-17(10-13)26-6-5-25-16/h1-4,7,10,12,14-15H,5-6,8-9,11H2,(H,20,22). The van der Waals surface area contributed by atoms with Gasteiger partial charge in [-0.3, -0.25) is 4.79 Å². The number of piperidine rings is 1. The number of hydrogen-bond donors (Lipinski definition) is 1. The highest BCUT2D eigenvalue weighted by atomic mass is 32.2. The van der Waals surface area contributed by atoms with Gasteiger partial charge in [0.1, 0.15) is 13.2 Å². The Balaban J connectivity index is 1.38. The summed E-state index contributed by atoms with van der Waals surface area (Å²) < 4.78 is 39.1. The second-order valence-electron chi connectivity index (χ2n) is 7.34. The van der Waals surface area contributed by atoms with Gasteiger partial charge in [0, 0.05) is 24.7 Å². The zero-order valence-electron chi connectivity index (χ0n) is 15.0. The molecule has 2 aromatic rings. The fraction of sp³-hybridized carbons (Fsp3) is 0.421. The average molecular weight is 421 g/mol. The normalized spacial score (nSPS) is 26.4. The van der Waals surface area contributed by atoms with Crippen molar-refractivity contribution in [3.05, 3.63) is 40.6 Å². The maximum Gasteiger partial charge on any atom is 0.261 e. The van der Waals surface area contributed by atoms with Crippen molar-refractivity contribution in [1.82, 2.24) is 9.62 Å². The maximum atomic E-state index is 13.3. The Hall–Kier alpha value is -2.10. The summed E-state index contributed by atoms with van der Waals surface area (Å²) in [6.45, 7) is 1.36. The molecule has 3 aliphatic rings. The Bertz CT molecular complexity index is 1010. The van der Waals surface area contributed by atoms with Gasteiger partial charge in [0.05, 0.1) is 9.77 Å². The second-order valence-corrected chi connectivity index (χ2v) is 10.2. The molecule has 2 aliphatic heterocycles. The van der Waals surface area contributed by atoms with Crippen molar-refractivity contribution >= 4 is 27.3 Å². The number of ether oxygens (including phenoxy) is 2. The summed E-state index contributed by atoms with van der Waals surface area (Å²) in [7, 11) is -3.68. The molecule has 1 saturated heterocycles. The van der Waals surface area contributed by atoms with Crippen LogP contribution in [-0.2, 0) is 10.0 Å². The van der Waals surface area contributed by atoms with Crippen molar-refractivity contribution in [2.45, 2.75) is 29.8 Å². The quantitative estimate of drug-likeness (QED) is 0.819. The summed E-state index contributed by atoms with van der Waals surface area (Å²) >= 11 is 1.38. The van der Waals surface area contributed by atoms with E-state index in [9.17, 15) is 13.2 Å². The number of amides is 1. The molecule has 1 amide bonds. The van der Waals surface area contributed by atoms with Crippen LogP contribution in [-0.4, -0.2) is 50.5 Å². The highest BCUT2D eigenvalue weighted by Crippen LogP contribution is 2.42. The summed E-state index contributed by atoms with van der Waals surface area (Å²) in [5.74, 6) is 1.16. The van der Waals surface area contributed by atoms with Crippen LogP contribution >= 0.6 is 11.3 Å². The van der Waals surface area contributed by atoms with Crippen LogP contribution in [0, 0.1) is 5.92 Å². The van der Waals surface area contributed by atoms with E-state index in [-0.39, 0.29) is 28.8 Å². The Morgan fingerprint density at radius 2 is 1.96 bits per heavy atom. The number of nitrogens with zero attached hydrogens (tertiary/aromatic N) is 1. The number of sulfonamides is 1. The lowest BCUT2D eigenvalue weighted by Gasteiger charge is -2.33. The summed E-state index contributed by atoms with van der Waals surface area (Å²) in [4.78, 5) is 13.3. The number of carbonyl (C=O) groups excluding carboxylic acids is 1. The van der Waals surface area contributed by atoms with E-state index in [4.69, 9.17) is 9.47 Å². The number of carbonyl (C=O) groups is 1. The van der Waals surface area contributed by atoms with E-state index in [1.54, 1.807) is 22.5 Å². The van der Waals surface area contributed by atoms with Gasteiger partial charge in [0.2, 0.25) is 10.0 Å². The van der Waals surface area contributed by atoms with Gasteiger partial charge in [-0.25, -0.2) is 8.42 Å². The van der Waals surface area contributed by atoms with Crippen LogP contribution in [0.5, 0.6) is 11.5 Å². The molecule has 1 N–H and O–H groups in total. The third-order valence-electron chi connectivity index (χ3n) is 5.62. The smallest absolute Gasteiger partial charge is 0.261 e. The fourth-order valence-corrected chi connectivity index (χ4v) is 6.76. The second kappa shape index (κ2) is 6.75. The molecule has 0 radical (unpaired) electrons. The molecule has 0 spiro atoms. The van der Waals surface area contributed by atoms with Crippen LogP contribution in [0.15, 0.2) is 40.6 Å². The maximum absolute atomic E-state index is 13.3. The molecule has 3 atom stereocenters. The van der Waals surface area contributed by atoms with E-state index in [0.717, 1.165) is 12.8 Å². The predicted octanol–water partition coefficient (Wildman–Crippen LogP) is 2.10. The summed E-state index contributed by atoms with van der Waals surface area (Å²) in [5.41, 5.74) is 0. The molecule has 2 bridgehead atoms. The molecule has 1 aliphatic carbocycles. The first kappa shape index (κ1) is 18.0. The monoisotopic (exact) mass is 420 g/mol. The summed E-state index contributed by atoms with van der Waals surface area (Å²) in [5, 5.41) is 4.89. The Labute approximate surface area is 167 Å². The summed E-state index contributed by atoms with van der Waals surface area (Å²) in [6, 6.07) is 7.97. The lowest BCUT2D eigenvalue weighted by atomic mass is 10.1. The largest absolute Gasteiger partial charge is 0.486 e. The number of nitrogens with one attached hydrogen (secondary N) is 1. The zero-order valence-corrected chi connectivity index (χ0v) is 16.7. The summed E-state index contributed by atoms with van der Waals surface area (Å²) in [6.07, 6.45) is 1.59. The van der Waals surface area contributed by atoms with Crippen molar-refractivity contribution < 1.29 is 22.7 Å². The van der Waals surface area contributed by atoms with E-state index < -0.39 is 10.0 Å². The molecule has 7 nitrogen and oxygen atoms in total. The third kappa shape index (κ3) is 2.98.